The summed E-state index contributed by atoms with van der Waals surface area (Å²) < 4.78 is 0. The molecule has 0 saturated heterocycles. The Bertz CT molecular complexity index is 523. The van der Waals surface area contributed by atoms with E-state index >= 15 is 0 Å². The van der Waals surface area contributed by atoms with Crippen molar-refractivity contribution in [3.63, 3.8) is 0 Å². The number of hydrogen-bond acceptors (Lipinski definition) is 2. The van der Waals surface area contributed by atoms with Crippen LogP contribution < -0.4 is 5.32 Å². The molecule has 1 heterocycles. The monoisotopic (exact) mass is 262 g/mol. The van der Waals surface area contributed by atoms with Crippen LogP contribution in [-0.4, -0.2) is 16.4 Å². The summed E-state index contributed by atoms with van der Waals surface area (Å²) in [6.45, 7) is 5.21. The number of fused-ring (bicyclic) bond motifs is 1. The molecule has 0 radical (unpaired) electrons. The smallest absolute Gasteiger partial charge is 0.0702 e. The van der Waals surface area contributed by atoms with E-state index in [4.69, 9.17) is 11.6 Å². The van der Waals surface area contributed by atoms with Crippen LogP contribution in [0, 0.1) is 0 Å². The Balaban J connectivity index is 2.08. The summed E-state index contributed by atoms with van der Waals surface area (Å²) in [7, 11) is 0. The quantitative estimate of drug-likeness (QED) is 0.831. The van der Waals surface area contributed by atoms with Crippen molar-refractivity contribution in [3.05, 3.63) is 42.1 Å². The van der Waals surface area contributed by atoms with Gasteiger partial charge >= 0.3 is 0 Å². The van der Waals surface area contributed by atoms with Gasteiger partial charge in [-0.2, -0.15) is 0 Å². The lowest BCUT2D eigenvalue weighted by atomic mass is 10.0. The average Bonchev–Trinajstić information content (AvgIpc) is 2.36. The van der Waals surface area contributed by atoms with Crippen molar-refractivity contribution >= 4 is 22.5 Å². The minimum absolute atomic E-state index is 0.0750. The minimum atomic E-state index is 0.0750. The van der Waals surface area contributed by atoms with Gasteiger partial charge in [0, 0.05) is 29.5 Å². The minimum Gasteiger partial charge on any atom is -0.308 e. The van der Waals surface area contributed by atoms with Crippen LogP contribution in [-0.2, 0) is 6.54 Å². The van der Waals surface area contributed by atoms with Crippen molar-refractivity contribution in [3.8, 4) is 0 Å². The number of benzene rings is 1. The fraction of sp³-hybridized carbons (Fsp3) is 0.400. The summed E-state index contributed by atoms with van der Waals surface area (Å²) in [5, 5.41) is 4.72. The van der Waals surface area contributed by atoms with Crippen LogP contribution in [0.15, 0.2) is 36.5 Å². The van der Waals surface area contributed by atoms with E-state index in [-0.39, 0.29) is 5.54 Å². The fourth-order valence-electron chi connectivity index (χ4n) is 1.90. The molecule has 0 aliphatic heterocycles. The third-order valence-corrected chi connectivity index (χ3v) is 3.35. The molecule has 0 aliphatic carbocycles. The first kappa shape index (κ1) is 13.3. The maximum absolute atomic E-state index is 5.80. The predicted octanol–water partition coefficient (Wildman–Crippen LogP) is 3.73. The van der Waals surface area contributed by atoms with Crippen molar-refractivity contribution in [2.24, 2.45) is 0 Å². The first-order chi connectivity index (χ1) is 8.61. The topological polar surface area (TPSA) is 24.9 Å². The molecule has 2 nitrogen and oxygen atoms in total. The van der Waals surface area contributed by atoms with Gasteiger partial charge in [-0.3, -0.25) is 4.98 Å². The van der Waals surface area contributed by atoms with Crippen molar-refractivity contribution in [2.75, 3.05) is 5.88 Å². The second kappa shape index (κ2) is 5.68. The lowest BCUT2D eigenvalue weighted by Gasteiger charge is -2.25. The molecule has 2 rings (SSSR count). The average molecular weight is 263 g/mol. The Morgan fingerprint density at radius 1 is 1.28 bits per heavy atom. The number of halogens is 1. The highest BCUT2D eigenvalue weighted by Gasteiger charge is 2.15. The number of hydrogen-bond donors (Lipinski definition) is 1. The van der Waals surface area contributed by atoms with Gasteiger partial charge in [0.25, 0.3) is 0 Å². The lowest BCUT2D eigenvalue weighted by Crippen LogP contribution is -2.39. The Labute approximate surface area is 113 Å². The van der Waals surface area contributed by atoms with Gasteiger partial charge in [0.2, 0.25) is 0 Å². The number of alkyl halides is 1. The summed E-state index contributed by atoms with van der Waals surface area (Å²) in [5.41, 5.74) is 2.39. The summed E-state index contributed by atoms with van der Waals surface area (Å²) >= 11 is 5.80. The highest BCUT2D eigenvalue weighted by atomic mass is 35.5. The molecule has 2 aromatic rings. The van der Waals surface area contributed by atoms with Crippen LogP contribution >= 0.6 is 11.6 Å². The highest BCUT2D eigenvalue weighted by molar-refractivity contribution is 6.17. The molecule has 0 amide bonds. The van der Waals surface area contributed by atoms with E-state index in [1.54, 1.807) is 0 Å². The van der Waals surface area contributed by atoms with Crippen molar-refractivity contribution in [1.82, 2.24) is 10.3 Å². The van der Waals surface area contributed by atoms with E-state index in [0.717, 1.165) is 18.5 Å². The molecule has 0 unspecified atom stereocenters. The molecule has 0 spiro atoms. The Kier molecular flexibility index (Phi) is 4.20. The molecule has 1 aromatic heterocycles. The van der Waals surface area contributed by atoms with E-state index in [1.165, 1.54) is 10.9 Å². The van der Waals surface area contributed by atoms with Crippen molar-refractivity contribution in [1.29, 1.82) is 0 Å². The van der Waals surface area contributed by atoms with Crippen molar-refractivity contribution in [2.45, 2.75) is 32.4 Å². The molecular formula is C15H19ClN2. The third kappa shape index (κ3) is 3.44. The Hall–Kier alpha value is -1.12. The Morgan fingerprint density at radius 2 is 2.11 bits per heavy atom. The second-order valence-electron chi connectivity index (χ2n) is 5.21. The molecule has 0 fully saturated rings. The van der Waals surface area contributed by atoms with Gasteiger partial charge in [0.1, 0.15) is 0 Å². The molecule has 1 N–H and O–H groups in total. The highest BCUT2D eigenvalue weighted by Crippen LogP contribution is 2.15. The zero-order valence-electron chi connectivity index (χ0n) is 10.9. The SMILES string of the molecule is CC(C)(CCCl)NCc1ccc2ncccc2c1. The van der Waals surface area contributed by atoms with Gasteiger partial charge in [-0.1, -0.05) is 12.1 Å². The number of rotatable bonds is 5. The zero-order chi connectivity index (χ0) is 13.0. The molecule has 18 heavy (non-hydrogen) atoms. The van der Waals surface area contributed by atoms with Gasteiger partial charge in [0.05, 0.1) is 5.52 Å². The summed E-state index contributed by atoms with van der Waals surface area (Å²) in [6.07, 6.45) is 2.79. The number of nitrogens with zero attached hydrogens (tertiary/aromatic N) is 1. The summed E-state index contributed by atoms with van der Waals surface area (Å²) in [6, 6.07) is 10.4. The molecule has 0 aliphatic rings. The van der Waals surface area contributed by atoms with Crippen LogP contribution in [0.25, 0.3) is 10.9 Å². The van der Waals surface area contributed by atoms with Gasteiger partial charge in [-0.05, 0) is 44.0 Å². The molecule has 0 bridgehead atoms. The third-order valence-electron chi connectivity index (χ3n) is 3.16. The van der Waals surface area contributed by atoms with Crippen LogP contribution in [0.3, 0.4) is 0 Å². The van der Waals surface area contributed by atoms with E-state index < -0.39 is 0 Å². The van der Waals surface area contributed by atoms with Gasteiger partial charge in [0.15, 0.2) is 0 Å². The van der Waals surface area contributed by atoms with E-state index in [2.05, 4.69) is 48.4 Å². The lowest BCUT2D eigenvalue weighted by molar-refractivity contribution is 0.376. The zero-order valence-corrected chi connectivity index (χ0v) is 11.7. The van der Waals surface area contributed by atoms with Crippen LogP contribution in [0.5, 0.6) is 0 Å². The predicted molar refractivity (Wildman–Crippen MR) is 78.0 cm³/mol. The van der Waals surface area contributed by atoms with Crippen molar-refractivity contribution < 1.29 is 0 Å². The molecule has 3 heteroatoms. The van der Waals surface area contributed by atoms with E-state index in [0.29, 0.717) is 5.88 Å². The molecule has 0 saturated carbocycles. The molecule has 0 atom stereocenters. The Morgan fingerprint density at radius 3 is 2.89 bits per heavy atom. The van der Waals surface area contributed by atoms with E-state index in [9.17, 15) is 0 Å². The second-order valence-corrected chi connectivity index (χ2v) is 5.58. The fourth-order valence-corrected chi connectivity index (χ4v) is 2.37. The molecule has 96 valence electrons. The molecular weight excluding hydrogens is 244 g/mol. The summed E-state index contributed by atoms with van der Waals surface area (Å²) in [4.78, 5) is 4.32. The maximum Gasteiger partial charge on any atom is 0.0702 e. The van der Waals surface area contributed by atoms with Crippen LogP contribution in [0.2, 0.25) is 0 Å². The first-order valence-electron chi connectivity index (χ1n) is 6.25. The van der Waals surface area contributed by atoms with Crippen LogP contribution in [0.1, 0.15) is 25.8 Å². The van der Waals surface area contributed by atoms with Crippen LogP contribution in [0.4, 0.5) is 0 Å². The standard InChI is InChI=1S/C15H19ClN2/c1-15(2,7-8-16)18-11-12-5-6-14-13(10-12)4-3-9-17-14/h3-6,9-10,18H,7-8,11H2,1-2H3. The first-order valence-corrected chi connectivity index (χ1v) is 6.79. The van der Waals surface area contributed by atoms with E-state index in [1.807, 2.05) is 12.3 Å². The normalized spacial score (nSPS) is 11.9. The number of nitrogens with one attached hydrogen (secondary N) is 1. The largest absolute Gasteiger partial charge is 0.308 e. The molecule has 1 aromatic carbocycles. The number of aromatic nitrogens is 1. The van der Waals surface area contributed by atoms with Gasteiger partial charge in [-0.15, -0.1) is 11.6 Å². The maximum atomic E-state index is 5.80. The van der Waals surface area contributed by atoms with Gasteiger partial charge < -0.3 is 5.32 Å². The summed E-state index contributed by atoms with van der Waals surface area (Å²) in [5.74, 6) is 0.682. The van der Waals surface area contributed by atoms with Gasteiger partial charge in [-0.25, -0.2) is 0 Å². The number of pyridine rings is 1.